The molecule has 0 heterocycles. The third-order valence-corrected chi connectivity index (χ3v) is 15.0. The van der Waals surface area contributed by atoms with E-state index in [9.17, 15) is 20.1 Å². The number of phenolic OH excluding ortho intramolecular Hbond substituents is 1. The van der Waals surface area contributed by atoms with Crippen molar-refractivity contribution in [3.05, 3.63) is 46.5 Å². The van der Waals surface area contributed by atoms with Crippen LogP contribution in [0.5, 0.6) is 5.75 Å². The summed E-state index contributed by atoms with van der Waals surface area (Å²) in [5.41, 5.74) is 8.13. The van der Waals surface area contributed by atoms with Crippen molar-refractivity contribution in [1.82, 2.24) is 0 Å². The normalized spacial score (nSPS) is 47.8. The van der Waals surface area contributed by atoms with Gasteiger partial charge in [-0.15, -0.1) is 0 Å². The summed E-state index contributed by atoms with van der Waals surface area (Å²) in [7, 11) is 0. The predicted molar refractivity (Wildman–Crippen MR) is 165 cm³/mol. The summed E-state index contributed by atoms with van der Waals surface area (Å²) in [6, 6.07) is 5.88. The van der Waals surface area contributed by atoms with E-state index in [0.717, 1.165) is 88.9 Å². The summed E-state index contributed by atoms with van der Waals surface area (Å²) in [4.78, 5) is 12.4. The third kappa shape index (κ3) is 3.52. The number of carbonyl (C=O) groups excluding carboxylic acids is 1. The molecule has 1 spiro atoms. The van der Waals surface area contributed by atoms with E-state index in [-0.39, 0.29) is 23.0 Å². The summed E-state index contributed by atoms with van der Waals surface area (Å²) in [6.45, 7) is 7.02. The van der Waals surface area contributed by atoms with Crippen LogP contribution in [0.25, 0.3) is 5.57 Å². The molecule has 9 rings (SSSR count). The van der Waals surface area contributed by atoms with Gasteiger partial charge in [0.1, 0.15) is 11.5 Å². The molecule has 5 fully saturated rings. The van der Waals surface area contributed by atoms with Gasteiger partial charge in [0.2, 0.25) is 0 Å². The van der Waals surface area contributed by atoms with Crippen molar-refractivity contribution in [3.63, 3.8) is 0 Å². The standard InChI is InChI=1S/C19H22O2.C19H28O2/c1-18-7-6-15-14-4-3-13(20)8-11(14)2-5-16(15)19(18)10-12(19)9-17(18)21;1-18-9-7-13(20)11-12(18)3-4-14-15-5-6-17(21)19(15,2)10-8-16(14)18/h3-4,8,12,17,20-21H,2,5-7,9-10H2,1H3;3,13-16,20H,4-11H2,1-2H3/t12-,17-,18-,19+;13-,14-,15-,16-,18-,19-/m10/s1. The molecule has 10 atom stereocenters. The van der Waals surface area contributed by atoms with Crippen molar-refractivity contribution >= 4 is 11.4 Å². The maximum Gasteiger partial charge on any atom is 0.139 e. The zero-order valence-electron chi connectivity index (χ0n) is 25.9. The fourth-order valence-electron chi connectivity index (χ4n) is 12.5. The first-order valence-corrected chi connectivity index (χ1v) is 17.1. The van der Waals surface area contributed by atoms with Crippen LogP contribution in [-0.2, 0) is 11.2 Å². The number of aryl methyl sites for hydroxylation is 1. The first kappa shape index (κ1) is 27.6. The lowest BCUT2D eigenvalue weighted by Crippen LogP contribution is -2.50. The molecular formula is C38H50O4. The SMILES string of the molecule is C[C@]12CCC3=C(CCc4cc(O)ccc43)[C@@]13C[C@H]3C[C@H]2O.C[C@]12CC[C@H](O)CC1=CC[C@@H]1[C@@H]2CC[C@]2(C)C(=O)CC[C@@H]12. The van der Waals surface area contributed by atoms with Crippen molar-refractivity contribution in [2.75, 3.05) is 0 Å². The smallest absolute Gasteiger partial charge is 0.139 e. The lowest BCUT2D eigenvalue weighted by molar-refractivity contribution is -0.132. The number of Topliss-reactive ketones (excluding diaryl/α,β-unsaturated/α-hetero) is 1. The molecule has 226 valence electrons. The Hall–Kier alpha value is -1.91. The minimum absolute atomic E-state index is 0.0168. The van der Waals surface area contributed by atoms with Gasteiger partial charge >= 0.3 is 0 Å². The number of ketones is 1. The van der Waals surface area contributed by atoms with Crippen LogP contribution in [-0.4, -0.2) is 33.3 Å². The maximum atomic E-state index is 12.4. The Labute approximate surface area is 251 Å². The number of benzene rings is 1. The van der Waals surface area contributed by atoms with Gasteiger partial charge in [0.05, 0.1) is 12.2 Å². The maximum absolute atomic E-state index is 12.4. The molecule has 0 bridgehead atoms. The summed E-state index contributed by atoms with van der Waals surface area (Å²) >= 11 is 0. The van der Waals surface area contributed by atoms with Gasteiger partial charge in [-0.3, -0.25) is 4.79 Å². The van der Waals surface area contributed by atoms with Gasteiger partial charge in [0.15, 0.2) is 0 Å². The number of hydrogen-bond acceptors (Lipinski definition) is 4. The van der Waals surface area contributed by atoms with Crippen LogP contribution in [0.2, 0.25) is 0 Å². The van der Waals surface area contributed by atoms with E-state index in [1.165, 1.54) is 29.5 Å². The highest BCUT2D eigenvalue weighted by Gasteiger charge is 2.74. The zero-order chi connectivity index (χ0) is 29.2. The molecule has 4 heteroatoms. The molecule has 8 aliphatic carbocycles. The molecule has 1 aromatic carbocycles. The summed E-state index contributed by atoms with van der Waals surface area (Å²) in [6.07, 6.45) is 17.3. The second-order valence-electron chi connectivity index (χ2n) is 16.4. The topological polar surface area (TPSA) is 77.8 Å². The Morgan fingerprint density at radius 1 is 0.881 bits per heavy atom. The highest BCUT2D eigenvalue weighted by Crippen LogP contribution is 2.80. The Morgan fingerprint density at radius 3 is 2.50 bits per heavy atom. The molecule has 8 aliphatic rings. The summed E-state index contributed by atoms with van der Waals surface area (Å²) in [5, 5.41) is 30.3. The largest absolute Gasteiger partial charge is 0.508 e. The van der Waals surface area contributed by atoms with E-state index in [2.05, 4.69) is 32.9 Å². The quantitative estimate of drug-likeness (QED) is 0.282. The average molecular weight is 571 g/mol. The lowest BCUT2D eigenvalue weighted by atomic mass is 9.48. The van der Waals surface area contributed by atoms with Crippen LogP contribution in [0.3, 0.4) is 0 Å². The number of allylic oxidation sites excluding steroid dienone is 3. The fourth-order valence-corrected chi connectivity index (χ4v) is 12.5. The molecule has 0 saturated heterocycles. The van der Waals surface area contributed by atoms with Crippen LogP contribution in [0.1, 0.15) is 115 Å². The number of aliphatic hydroxyl groups excluding tert-OH is 2. The van der Waals surface area contributed by atoms with Crippen molar-refractivity contribution < 1.29 is 20.1 Å². The van der Waals surface area contributed by atoms with Gasteiger partial charge in [-0.05, 0) is 141 Å². The Bertz CT molecular complexity index is 1410. The molecule has 0 amide bonds. The number of fused-ring (bicyclic) bond motifs is 7. The van der Waals surface area contributed by atoms with Gasteiger partial charge in [-0.2, -0.15) is 0 Å². The summed E-state index contributed by atoms with van der Waals surface area (Å²) < 4.78 is 0. The summed E-state index contributed by atoms with van der Waals surface area (Å²) in [5.74, 6) is 3.71. The molecule has 0 radical (unpaired) electrons. The highest BCUT2D eigenvalue weighted by molar-refractivity contribution is 5.87. The minimum Gasteiger partial charge on any atom is -0.508 e. The van der Waals surface area contributed by atoms with Crippen molar-refractivity contribution in [3.8, 4) is 5.75 Å². The fraction of sp³-hybridized carbons (Fsp3) is 0.711. The first-order chi connectivity index (χ1) is 20.0. The number of rotatable bonds is 0. The van der Waals surface area contributed by atoms with Crippen LogP contribution >= 0.6 is 0 Å². The monoisotopic (exact) mass is 570 g/mol. The number of hydrogen-bond donors (Lipinski definition) is 3. The Morgan fingerprint density at radius 2 is 1.67 bits per heavy atom. The zero-order valence-corrected chi connectivity index (χ0v) is 25.9. The lowest BCUT2D eigenvalue weighted by Gasteiger charge is -2.56. The Kier molecular flexibility index (Phi) is 5.96. The van der Waals surface area contributed by atoms with Crippen LogP contribution in [0.4, 0.5) is 0 Å². The van der Waals surface area contributed by atoms with Gasteiger partial charge < -0.3 is 15.3 Å². The number of aromatic hydroxyl groups is 1. The van der Waals surface area contributed by atoms with E-state index >= 15 is 0 Å². The van der Waals surface area contributed by atoms with Crippen molar-refractivity contribution in [2.24, 2.45) is 45.3 Å². The highest BCUT2D eigenvalue weighted by atomic mass is 16.3. The predicted octanol–water partition coefficient (Wildman–Crippen LogP) is 7.54. The van der Waals surface area contributed by atoms with Gasteiger partial charge in [-0.25, -0.2) is 0 Å². The van der Waals surface area contributed by atoms with Gasteiger partial charge in [0.25, 0.3) is 0 Å². The molecule has 5 saturated carbocycles. The molecule has 0 unspecified atom stereocenters. The number of phenols is 1. The molecule has 42 heavy (non-hydrogen) atoms. The van der Waals surface area contributed by atoms with Gasteiger partial charge in [0, 0.05) is 22.7 Å². The molecule has 0 aliphatic heterocycles. The molecule has 4 nitrogen and oxygen atoms in total. The third-order valence-electron chi connectivity index (χ3n) is 15.0. The van der Waals surface area contributed by atoms with Crippen molar-refractivity contribution in [1.29, 1.82) is 0 Å². The van der Waals surface area contributed by atoms with E-state index in [4.69, 9.17) is 0 Å². The molecule has 0 aromatic heterocycles. The average Bonchev–Trinajstić information content (AvgIpc) is 3.52. The number of carbonyl (C=O) groups is 1. The minimum atomic E-state index is -0.122. The second-order valence-corrected chi connectivity index (χ2v) is 16.4. The van der Waals surface area contributed by atoms with Crippen molar-refractivity contribution in [2.45, 2.75) is 123 Å². The van der Waals surface area contributed by atoms with E-state index < -0.39 is 0 Å². The van der Waals surface area contributed by atoms with Crippen LogP contribution in [0, 0.1) is 45.3 Å². The Balaban J connectivity index is 0.000000127. The molecular weight excluding hydrogens is 520 g/mol. The van der Waals surface area contributed by atoms with E-state index in [1.54, 1.807) is 11.1 Å². The van der Waals surface area contributed by atoms with Crippen LogP contribution < -0.4 is 0 Å². The van der Waals surface area contributed by atoms with Gasteiger partial charge in [-0.1, -0.05) is 44.1 Å². The second kappa shape index (κ2) is 9.07. The molecule has 1 aromatic rings. The van der Waals surface area contributed by atoms with E-state index in [1.807, 2.05) is 12.1 Å². The first-order valence-electron chi connectivity index (χ1n) is 17.1. The molecule has 3 N–H and O–H groups in total. The number of aliphatic hydroxyl groups is 2. The van der Waals surface area contributed by atoms with E-state index in [0.29, 0.717) is 34.2 Å². The van der Waals surface area contributed by atoms with Crippen LogP contribution in [0.15, 0.2) is 35.4 Å².